The number of likely N-dealkylation sites (tertiary alicyclic amines) is 1. The number of hydrogen-bond donors (Lipinski definition) is 0. The number of piperidine rings is 1. The first-order valence-corrected chi connectivity index (χ1v) is 8.60. The van der Waals surface area contributed by atoms with Crippen LogP contribution in [-0.4, -0.2) is 32.9 Å². The molecule has 4 nitrogen and oxygen atoms in total. The molecule has 0 aliphatic carbocycles. The van der Waals surface area contributed by atoms with Gasteiger partial charge in [0.05, 0.1) is 5.69 Å². The third kappa shape index (κ3) is 2.77. The molecule has 5 heteroatoms. The normalized spacial score (nSPS) is 21.9. The molecule has 1 aliphatic heterocycles. The fourth-order valence-corrected chi connectivity index (χ4v) is 4.17. The number of aryl methyl sites for hydroxylation is 1. The quantitative estimate of drug-likeness (QED) is 0.844. The van der Waals surface area contributed by atoms with Crippen molar-refractivity contribution in [3.63, 3.8) is 0 Å². The molecule has 3 rings (SSSR count). The van der Waals surface area contributed by atoms with Crippen molar-refractivity contribution >= 4 is 17.2 Å². The number of rotatable bonds is 2. The van der Waals surface area contributed by atoms with Crippen LogP contribution in [0.1, 0.15) is 48.5 Å². The van der Waals surface area contributed by atoms with Crippen LogP contribution in [0.2, 0.25) is 0 Å². The topological polar surface area (TPSA) is 46.1 Å². The molecular formula is C17H21N3OS. The van der Waals surface area contributed by atoms with E-state index in [1.54, 1.807) is 12.4 Å². The van der Waals surface area contributed by atoms with E-state index in [0.717, 1.165) is 34.0 Å². The molecule has 22 heavy (non-hydrogen) atoms. The van der Waals surface area contributed by atoms with Crippen LogP contribution < -0.4 is 0 Å². The highest BCUT2D eigenvalue weighted by molar-refractivity contribution is 7.17. The zero-order valence-electron chi connectivity index (χ0n) is 13.2. The number of carbonyl (C=O) groups is 1. The van der Waals surface area contributed by atoms with Crippen LogP contribution in [-0.2, 0) is 0 Å². The van der Waals surface area contributed by atoms with Gasteiger partial charge in [-0.15, -0.1) is 11.3 Å². The number of carbonyl (C=O) groups excluding carboxylic acids is 1. The van der Waals surface area contributed by atoms with E-state index in [1.807, 2.05) is 24.0 Å². The molecule has 2 atom stereocenters. The Labute approximate surface area is 135 Å². The van der Waals surface area contributed by atoms with Crippen molar-refractivity contribution in [2.24, 2.45) is 0 Å². The number of amides is 1. The summed E-state index contributed by atoms with van der Waals surface area (Å²) in [5.74, 6) is 0.134. The molecule has 2 aromatic heterocycles. The summed E-state index contributed by atoms with van der Waals surface area (Å²) in [5, 5.41) is 0.889. The van der Waals surface area contributed by atoms with Gasteiger partial charge in [-0.05, 0) is 52.2 Å². The summed E-state index contributed by atoms with van der Waals surface area (Å²) < 4.78 is 0. The lowest BCUT2D eigenvalue weighted by Crippen LogP contribution is -2.47. The van der Waals surface area contributed by atoms with Crippen molar-refractivity contribution in [3.8, 4) is 10.6 Å². The number of hydrogen-bond acceptors (Lipinski definition) is 4. The van der Waals surface area contributed by atoms with Gasteiger partial charge in [0.15, 0.2) is 0 Å². The van der Waals surface area contributed by atoms with E-state index < -0.39 is 0 Å². The molecule has 0 aromatic carbocycles. The van der Waals surface area contributed by atoms with Gasteiger partial charge in [0.2, 0.25) is 0 Å². The summed E-state index contributed by atoms with van der Waals surface area (Å²) in [6.07, 6.45) is 6.89. The first kappa shape index (κ1) is 15.2. The molecule has 1 saturated heterocycles. The third-order valence-electron chi connectivity index (χ3n) is 4.35. The molecule has 3 heterocycles. The molecule has 0 bridgehead atoms. The monoisotopic (exact) mass is 315 g/mol. The highest BCUT2D eigenvalue weighted by Gasteiger charge is 2.31. The number of nitrogens with zero attached hydrogens (tertiary/aromatic N) is 3. The Kier molecular flexibility index (Phi) is 4.25. The lowest BCUT2D eigenvalue weighted by atomic mass is 9.97. The van der Waals surface area contributed by atoms with E-state index in [1.165, 1.54) is 17.8 Å². The van der Waals surface area contributed by atoms with Gasteiger partial charge in [-0.25, -0.2) is 4.98 Å². The SMILES string of the molecule is Cc1nc(-c2ccncc2)sc1C(=O)N1C(C)CCCC1C. The Bertz CT molecular complexity index is 658. The Morgan fingerprint density at radius 2 is 1.86 bits per heavy atom. The van der Waals surface area contributed by atoms with E-state index in [2.05, 4.69) is 23.8 Å². The summed E-state index contributed by atoms with van der Waals surface area (Å²) in [7, 11) is 0. The van der Waals surface area contributed by atoms with E-state index in [4.69, 9.17) is 0 Å². The molecule has 0 N–H and O–H groups in total. The molecule has 0 radical (unpaired) electrons. The van der Waals surface area contributed by atoms with Gasteiger partial charge in [-0.3, -0.25) is 9.78 Å². The van der Waals surface area contributed by atoms with Crippen LogP contribution in [0.4, 0.5) is 0 Å². The summed E-state index contributed by atoms with van der Waals surface area (Å²) >= 11 is 1.49. The van der Waals surface area contributed by atoms with Gasteiger partial charge < -0.3 is 4.90 Å². The summed E-state index contributed by atoms with van der Waals surface area (Å²) in [5.41, 5.74) is 1.84. The molecular weight excluding hydrogens is 294 g/mol. The summed E-state index contributed by atoms with van der Waals surface area (Å²) in [6.45, 7) is 6.22. The van der Waals surface area contributed by atoms with E-state index >= 15 is 0 Å². The first-order chi connectivity index (χ1) is 10.6. The number of pyridine rings is 1. The Morgan fingerprint density at radius 3 is 2.50 bits per heavy atom. The molecule has 2 aromatic rings. The molecule has 2 unspecified atom stereocenters. The second kappa shape index (κ2) is 6.16. The van der Waals surface area contributed by atoms with E-state index in [-0.39, 0.29) is 5.91 Å². The molecule has 1 amide bonds. The van der Waals surface area contributed by atoms with Gasteiger partial charge in [0, 0.05) is 30.0 Å². The largest absolute Gasteiger partial charge is 0.332 e. The van der Waals surface area contributed by atoms with Crippen LogP contribution in [0, 0.1) is 6.92 Å². The van der Waals surface area contributed by atoms with E-state index in [9.17, 15) is 4.79 Å². The zero-order valence-corrected chi connectivity index (χ0v) is 14.1. The minimum Gasteiger partial charge on any atom is -0.332 e. The summed E-state index contributed by atoms with van der Waals surface area (Å²) in [4.78, 5) is 24.4. The molecule has 1 aliphatic rings. The average Bonchev–Trinajstić information content (AvgIpc) is 2.90. The van der Waals surface area contributed by atoms with Crippen LogP contribution in [0.3, 0.4) is 0 Å². The minimum atomic E-state index is 0.134. The van der Waals surface area contributed by atoms with Crippen LogP contribution in [0.25, 0.3) is 10.6 Å². The van der Waals surface area contributed by atoms with Crippen molar-refractivity contribution < 1.29 is 4.79 Å². The van der Waals surface area contributed by atoms with Crippen molar-refractivity contribution in [2.75, 3.05) is 0 Å². The maximum Gasteiger partial charge on any atom is 0.266 e. The fraction of sp³-hybridized carbons (Fsp3) is 0.471. The standard InChI is InChI=1S/C17H21N3OS/c1-11-5-4-6-12(2)20(11)17(21)15-13(3)19-16(22-15)14-7-9-18-10-8-14/h7-12H,4-6H2,1-3H3. The second-order valence-electron chi connectivity index (χ2n) is 6.01. The first-order valence-electron chi connectivity index (χ1n) is 7.78. The fourth-order valence-electron chi connectivity index (χ4n) is 3.15. The van der Waals surface area contributed by atoms with Gasteiger partial charge >= 0.3 is 0 Å². The van der Waals surface area contributed by atoms with Gasteiger partial charge in [-0.1, -0.05) is 0 Å². The highest BCUT2D eigenvalue weighted by atomic mass is 32.1. The predicted octanol–water partition coefficient (Wildman–Crippen LogP) is 3.92. The minimum absolute atomic E-state index is 0.134. The second-order valence-corrected chi connectivity index (χ2v) is 7.01. The van der Waals surface area contributed by atoms with Crippen molar-refractivity contribution in [1.82, 2.24) is 14.9 Å². The van der Waals surface area contributed by atoms with Crippen LogP contribution in [0.15, 0.2) is 24.5 Å². The van der Waals surface area contributed by atoms with Crippen LogP contribution in [0.5, 0.6) is 0 Å². The molecule has 0 saturated carbocycles. The Hall–Kier alpha value is -1.75. The van der Waals surface area contributed by atoms with Gasteiger partial charge in [0.25, 0.3) is 5.91 Å². The Balaban J connectivity index is 1.92. The summed E-state index contributed by atoms with van der Waals surface area (Å²) in [6, 6.07) is 4.47. The number of aromatic nitrogens is 2. The van der Waals surface area contributed by atoms with Crippen LogP contribution >= 0.6 is 11.3 Å². The highest BCUT2D eigenvalue weighted by Crippen LogP contribution is 2.31. The maximum atomic E-state index is 13.0. The lowest BCUT2D eigenvalue weighted by Gasteiger charge is -2.38. The van der Waals surface area contributed by atoms with Gasteiger partial charge in [-0.2, -0.15) is 0 Å². The van der Waals surface area contributed by atoms with E-state index in [0.29, 0.717) is 12.1 Å². The molecule has 1 fully saturated rings. The molecule has 116 valence electrons. The van der Waals surface area contributed by atoms with Crippen molar-refractivity contribution in [3.05, 3.63) is 35.1 Å². The van der Waals surface area contributed by atoms with Gasteiger partial charge in [0.1, 0.15) is 9.88 Å². The average molecular weight is 315 g/mol. The van der Waals surface area contributed by atoms with Crippen molar-refractivity contribution in [1.29, 1.82) is 0 Å². The third-order valence-corrected chi connectivity index (χ3v) is 5.54. The smallest absolute Gasteiger partial charge is 0.266 e. The predicted molar refractivity (Wildman–Crippen MR) is 89.0 cm³/mol. The lowest BCUT2D eigenvalue weighted by molar-refractivity contribution is 0.0515. The molecule has 0 spiro atoms. The Morgan fingerprint density at radius 1 is 1.23 bits per heavy atom. The number of thiazole rings is 1. The maximum absolute atomic E-state index is 13.0. The van der Waals surface area contributed by atoms with Crippen molar-refractivity contribution in [2.45, 2.75) is 52.1 Å². The zero-order chi connectivity index (χ0) is 15.7.